The number of nitrogens with zero attached hydrogens (tertiary/aromatic N) is 2. The average Bonchev–Trinajstić information content (AvgIpc) is 2.83. The van der Waals surface area contributed by atoms with Crippen molar-refractivity contribution in [2.24, 2.45) is 5.41 Å². The summed E-state index contributed by atoms with van der Waals surface area (Å²) >= 11 is 6.12. The molecule has 1 fully saturated rings. The molecule has 0 bridgehead atoms. The Morgan fingerprint density at radius 1 is 1.09 bits per heavy atom. The van der Waals surface area contributed by atoms with Gasteiger partial charge in [-0.15, -0.1) is 0 Å². The SMILES string of the molecule is CN1CC2(CCCCc3ccccc3OCC1=O)CCN(C(=O)Cc1c(F)cccc1Cl)CC2. The Kier molecular flexibility index (Phi) is 7.77. The van der Waals surface area contributed by atoms with Crippen LogP contribution in [0.1, 0.15) is 43.2 Å². The number of likely N-dealkylation sites (N-methyl/N-ethyl adjacent to an activating group) is 1. The molecule has 0 radical (unpaired) electrons. The summed E-state index contributed by atoms with van der Waals surface area (Å²) in [4.78, 5) is 29.3. The van der Waals surface area contributed by atoms with Crippen molar-refractivity contribution in [2.45, 2.75) is 44.9 Å². The Balaban J connectivity index is 1.41. The molecule has 2 aliphatic heterocycles. The van der Waals surface area contributed by atoms with Crippen molar-refractivity contribution in [3.63, 3.8) is 0 Å². The summed E-state index contributed by atoms with van der Waals surface area (Å²) in [6.45, 7) is 1.88. The van der Waals surface area contributed by atoms with E-state index in [1.165, 1.54) is 6.07 Å². The van der Waals surface area contributed by atoms with Crippen LogP contribution < -0.4 is 4.74 Å². The molecule has 1 saturated heterocycles. The molecule has 34 heavy (non-hydrogen) atoms. The van der Waals surface area contributed by atoms with Gasteiger partial charge in [0.2, 0.25) is 5.91 Å². The number of rotatable bonds is 2. The van der Waals surface area contributed by atoms with Crippen molar-refractivity contribution in [1.82, 2.24) is 9.80 Å². The van der Waals surface area contributed by atoms with Gasteiger partial charge in [0.05, 0.1) is 6.42 Å². The quantitative estimate of drug-likeness (QED) is 0.607. The number of carbonyl (C=O) groups excluding carboxylic acids is 2. The van der Waals surface area contributed by atoms with Gasteiger partial charge in [-0.3, -0.25) is 9.59 Å². The fourth-order valence-corrected chi connectivity index (χ4v) is 5.42. The first-order chi connectivity index (χ1) is 16.4. The lowest BCUT2D eigenvalue weighted by molar-refractivity contribution is -0.137. The molecule has 4 rings (SSSR count). The molecule has 2 aliphatic rings. The normalized spacial score (nSPS) is 19.1. The Morgan fingerprint density at radius 2 is 1.85 bits per heavy atom. The van der Waals surface area contributed by atoms with E-state index in [1.807, 2.05) is 30.1 Å². The van der Waals surface area contributed by atoms with Gasteiger partial charge >= 0.3 is 0 Å². The molecular formula is C27H32ClFN2O3. The number of aryl methyl sites for hydroxylation is 1. The Hall–Kier alpha value is -2.60. The monoisotopic (exact) mass is 486 g/mol. The highest BCUT2D eigenvalue weighted by atomic mass is 35.5. The lowest BCUT2D eigenvalue weighted by Gasteiger charge is -2.44. The predicted molar refractivity (Wildman–Crippen MR) is 130 cm³/mol. The van der Waals surface area contributed by atoms with E-state index < -0.39 is 5.82 Å². The van der Waals surface area contributed by atoms with Crippen molar-refractivity contribution in [1.29, 1.82) is 0 Å². The van der Waals surface area contributed by atoms with Crippen LogP contribution in [0, 0.1) is 11.2 Å². The summed E-state index contributed by atoms with van der Waals surface area (Å²) in [5, 5.41) is 0.282. The first-order valence-electron chi connectivity index (χ1n) is 12.0. The van der Waals surface area contributed by atoms with Gasteiger partial charge < -0.3 is 14.5 Å². The molecule has 0 aliphatic carbocycles. The third-order valence-corrected chi connectivity index (χ3v) is 7.65. The first kappa shape index (κ1) is 24.5. The van der Waals surface area contributed by atoms with E-state index in [0.717, 1.165) is 49.8 Å². The highest BCUT2D eigenvalue weighted by molar-refractivity contribution is 6.31. The summed E-state index contributed by atoms with van der Waals surface area (Å²) in [6.07, 6.45) is 5.63. The van der Waals surface area contributed by atoms with Gasteiger partial charge in [-0.1, -0.05) is 42.3 Å². The first-order valence-corrected chi connectivity index (χ1v) is 12.4. The number of amides is 2. The molecule has 0 aromatic heterocycles. The van der Waals surface area contributed by atoms with E-state index in [-0.39, 0.29) is 40.8 Å². The van der Waals surface area contributed by atoms with Gasteiger partial charge in [-0.2, -0.15) is 0 Å². The minimum Gasteiger partial charge on any atom is -0.483 e. The molecule has 7 heteroatoms. The molecule has 182 valence electrons. The fourth-order valence-electron chi connectivity index (χ4n) is 5.19. The molecule has 2 amide bonds. The molecule has 2 aromatic rings. The van der Waals surface area contributed by atoms with E-state index in [4.69, 9.17) is 16.3 Å². The second kappa shape index (κ2) is 10.8. The van der Waals surface area contributed by atoms with Crippen LogP contribution in [0.3, 0.4) is 0 Å². The fraction of sp³-hybridized carbons (Fsp3) is 0.481. The Bertz CT molecular complexity index is 1020. The number of likely N-dealkylation sites (tertiary alicyclic amines) is 1. The van der Waals surface area contributed by atoms with Crippen LogP contribution in [0.25, 0.3) is 0 Å². The van der Waals surface area contributed by atoms with Crippen LogP contribution in [-0.2, 0) is 22.4 Å². The van der Waals surface area contributed by atoms with Crippen molar-refractivity contribution in [3.8, 4) is 5.75 Å². The maximum atomic E-state index is 14.2. The molecule has 2 heterocycles. The molecule has 0 atom stereocenters. The van der Waals surface area contributed by atoms with Gasteiger partial charge in [-0.05, 0) is 61.3 Å². The lowest BCUT2D eigenvalue weighted by Crippen LogP contribution is -2.49. The number of hydrogen-bond acceptors (Lipinski definition) is 3. The molecule has 5 nitrogen and oxygen atoms in total. The minimum atomic E-state index is -0.447. The van der Waals surface area contributed by atoms with Crippen LogP contribution >= 0.6 is 11.6 Å². The van der Waals surface area contributed by atoms with Crippen LogP contribution in [0.4, 0.5) is 4.39 Å². The van der Waals surface area contributed by atoms with Crippen molar-refractivity contribution in [2.75, 3.05) is 33.3 Å². The van der Waals surface area contributed by atoms with E-state index in [1.54, 1.807) is 17.0 Å². The van der Waals surface area contributed by atoms with E-state index in [0.29, 0.717) is 19.6 Å². The maximum Gasteiger partial charge on any atom is 0.260 e. The van der Waals surface area contributed by atoms with Crippen molar-refractivity contribution < 1.29 is 18.7 Å². The zero-order chi connectivity index (χ0) is 24.1. The van der Waals surface area contributed by atoms with Crippen molar-refractivity contribution >= 4 is 23.4 Å². The smallest absolute Gasteiger partial charge is 0.260 e. The number of hydrogen-bond donors (Lipinski definition) is 0. The summed E-state index contributed by atoms with van der Waals surface area (Å²) < 4.78 is 20.0. The minimum absolute atomic E-state index is 0.0254. The molecule has 0 unspecified atom stereocenters. The number of ether oxygens (including phenoxy) is 1. The topological polar surface area (TPSA) is 49.9 Å². The van der Waals surface area contributed by atoms with Gasteiger partial charge in [0.1, 0.15) is 11.6 Å². The molecule has 0 saturated carbocycles. The predicted octanol–water partition coefficient (Wildman–Crippen LogP) is 4.89. The van der Waals surface area contributed by atoms with E-state index in [9.17, 15) is 14.0 Å². The molecule has 2 aromatic carbocycles. The Morgan fingerprint density at radius 3 is 2.62 bits per heavy atom. The van der Waals surface area contributed by atoms with Gasteiger partial charge in [0.25, 0.3) is 5.91 Å². The summed E-state index contributed by atoms with van der Waals surface area (Å²) in [7, 11) is 1.84. The second-order valence-corrected chi connectivity index (χ2v) is 10.0. The van der Waals surface area contributed by atoms with E-state index in [2.05, 4.69) is 6.07 Å². The van der Waals surface area contributed by atoms with Gasteiger partial charge in [-0.25, -0.2) is 4.39 Å². The van der Waals surface area contributed by atoms with Crippen LogP contribution in [0.5, 0.6) is 5.75 Å². The van der Waals surface area contributed by atoms with Gasteiger partial charge in [0, 0.05) is 37.3 Å². The highest BCUT2D eigenvalue weighted by Crippen LogP contribution is 2.38. The zero-order valence-corrected chi connectivity index (χ0v) is 20.5. The molecule has 0 N–H and O–H groups in total. The second-order valence-electron chi connectivity index (χ2n) is 9.61. The molecular weight excluding hydrogens is 455 g/mol. The van der Waals surface area contributed by atoms with Crippen LogP contribution in [-0.4, -0.2) is 54.9 Å². The Labute approximate surface area is 205 Å². The molecule has 1 spiro atoms. The zero-order valence-electron chi connectivity index (χ0n) is 19.7. The summed E-state index contributed by atoms with van der Waals surface area (Å²) in [6, 6.07) is 12.4. The number of para-hydroxylation sites is 1. The van der Waals surface area contributed by atoms with Crippen molar-refractivity contribution in [3.05, 3.63) is 64.4 Å². The lowest BCUT2D eigenvalue weighted by atomic mass is 9.73. The number of piperidine rings is 1. The standard InChI is InChI=1S/C27H32ClFN2O3/c1-30-19-27(12-5-4-8-20-7-2-3-11-24(20)34-18-26(30)33)13-15-31(16-14-27)25(32)17-21-22(28)9-6-10-23(21)29/h2-3,6-7,9-11H,4-5,8,12-19H2,1H3. The number of fused-ring (bicyclic) bond motifs is 1. The highest BCUT2D eigenvalue weighted by Gasteiger charge is 2.37. The number of carbonyl (C=O) groups is 2. The number of halogens is 2. The van der Waals surface area contributed by atoms with Crippen LogP contribution in [0.15, 0.2) is 42.5 Å². The number of benzene rings is 2. The largest absolute Gasteiger partial charge is 0.483 e. The van der Waals surface area contributed by atoms with E-state index >= 15 is 0 Å². The van der Waals surface area contributed by atoms with Gasteiger partial charge in [0.15, 0.2) is 6.61 Å². The maximum absolute atomic E-state index is 14.2. The van der Waals surface area contributed by atoms with Crippen LogP contribution in [0.2, 0.25) is 5.02 Å². The summed E-state index contributed by atoms with van der Waals surface area (Å²) in [5.74, 6) is 0.200. The summed E-state index contributed by atoms with van der Waals surface area (Å²) in [5.41, 5.74) is 1.36. The third kappa shape index (κ3) is 5.72. The average molecular weight is 487 g/mol. The third-order valence-electron chi connectivity index (χ3n) is 7.29.